The average molecular weight is 311 g/mol. The molecule has 1 unspecified atom stereocenters. The molecule has 1 aromatic carbocycles. The molecule has 0 amide bonds. The average Bonchev–Trinajstić information content (AvgIpc) is 3.06. The van der Waals surface area contributed by atoms with Crippen LogP contribution in [0.15, 0.2) is 53.3 Å². The lowest BCUT2D eigenvalue weighted by Gasteiger charge is -2.08. The van der Waals surface area contributed by atoms with E-state index in [4.69, 9.17) is 9.26 Å². The van der Waals surface area contributed by atoms with E-state index in [1.165, 1.54) is 24.3 Å². The number of phenolic OH excluding ortho intramolecular Hbond substituents is 1. The molecule has 0 saturated heterocycles. The van der Waals surface area contributed by atoms with Gasteiger partial charge in [-0.1, -0.05) is 5.16 Å². The normalized spacial score (nSPS) is 11.9. The molecule has 1 N–H and O–H groups in total. The van der Waals surface area contributed by atoms with Crippen LogP contribution in [0.2, 0.25) is 0 Å². The number of carbonyl (C=O) groups excluding carboxylic acids is 1. The highest BCUT2D eigenvalue weighted by Crippen LogP contribution is 2.21. The van der Waals surface area contributed by atoms with Gasteiger partial charge in [0.05, 0.1) is 5.56 Å². The standard InChI is InChI=1S/C16H13N3O4/c1-10(22-16(21)11-4-6-13(20)7-5-11)15-18-14(19-23-15)12-3-2-8-17-9-12/h2-10,20H,1H3. The fraction of sp³-hybridized carbons (Fsp3) is 0.125. The van der Waals surface area contributed by atoms with Gasteiger partial charge < -0.3 is 14.4 Å². The van der Waals surface area contributed by atoms with Crippen molar-refractivity contribution >= 4 is 5.97 Å². The van der Waals surface area contributed by atoms with Crippen molar-refractivity contribution in [2.45, 2.75) is 13.0 Å². The van der Waals surface area contributed by atoms with Crippen molar-refractivity contribution in [3.8, 4) is 17.1 Å². The first-order valence-corrected chi connectivity index (χ1v) is 6.87. The molecule has 3 rings (SSSR count). The largest absolute Gasteiger partial charge is 0.508 e. The van der Waals surface area contributed by atoms with Crippen molar-refractivity contribution in [3.63, 3.8) is 0 Å². The maximum absolute atomic E-state index is 12.0. The van der Waals surface area contributed by atoms with Crippen LogP contribution in [0.3, 0.4) is 0 Å². The minimum atomic E-state index is -0.700. The molecule has 23 heavy (non-hydrogen) atoms. The Morgan fingerprint density at radius 1 is 1.26 bits per heavy atom. The van der Waals surface area contributed by atoms with Gasteiger partial charge in [0.1, 0.15) is 5.75 Å². The van der Waals surface area contributed by atoms with Gasteiger partial charge in [-0.15, -0.1) is 0 Å². The third kappa shape index (κ3) is 3.34. The summed E-state index contributed by atoms with van der Waals surface area (Å²) in [5.41, 5.74) is 1.03. The molecule has 7 nitrogen and oxygen atoms in total. The Balaban J connectivity index is 1.71. The molecule has 0 bridgehead atoms. The summed E-state index contributed by atoms with van der Waals surface area (Å²) in [4.78, 5) is 20.2. The summed E-state index contributed by atoms with van der Waals surface area (Å²) in [5, 5.41) is 13.1. The highest BCUT2D eigenvalue weighted by Gasteiger charge is 2.20. The fourth-order valence-electron chi connectivity index (χ4n) is 1.89. The third-order valence-corrected chi connectivity index (χ3v) is 3.10. The number of benzene rings is 1. The van der Waals surface area contributed by atoms with Crippen molar-refractivity contribution in [1.82, 2.24) is 15.1 Å². The lowest BCUT2D eigenvalue weighted by Crippen LogP contribution is -2.09. The van der Waals surface area contributed by atoms with E-state index >= 15 is 0 Å². The van der Waals surface area contributed by atoms with Crippen LogP contribution >= 0.6 is 0 Å². The minimum absolute atomic E-state index is 0.0765. The molecule has 1 atom stereocenters. The maximum Gasteiger partial charge on any atom is 0.338 e. The number of nitrogens with zero attached hydrogens (tertiary/aromatic N) is 3. The number of hydrogen-bond acceptors (Lipinski definition) is 7. The Kier molecular flexibility index (Phi) is 4.01. The van der Waals surface area contributed by atoms with Crippen molar-refractivity contribution < 1.29 is 19.2 Å². The predicted octanol–water partition coefficient (Wildman–Crippen LogP) is 2.76. The first kappa shape index (κ1) is 14.7. The second-order valence-corrected chi connectivity index (χ2v) is 4.79. The van der Waals surface area contributed by atoms with Gasteiger partial charge in [0.2, 0.25) is 5.82 Å². The summed E-state index contributed by atoms with van der Waals surface area (Å²) < 4.78 is 10.4. The van der Waals surface area contributed by atoms with Crippen molar-refractivity contribution in [2.75, 3.05) is 0 Å². The van der Waals surface area contributed by atoms with E-state index in [-0.39, 0.29) is 11.6 Å². The smallest absolute Gasteiger partial charge is 0.338 e. The number of hydrogen-bond donors (Lipinski definition) is 1. The Labute approximate surface area is 131 Å². The number of ether oxygens (including phenoxy) is 1. The number of rotatable bonds is 4. The molecule has 0 aliphatic heterocycles. The Hall–Kier alpha value is -3.22. The van der Waals surface area contributed by atoms with E-state index in [0.29, 0.717) is 17.0 Å². The summed E-state index contributed by atoms with van der Waals surface area (Å²) in [7, 11) is 0. The SMILES string of the molecule is CC(OC(=O)c1ccc(O)cc1)c1nc(-c2cccnc2)no1. The molecular weight excluding hydrogens is 298 g/mol. The van der Waals surface area contributed by atoms with Crippen molar-refractivity contribution in [1.29, 1.82) is 0 Å². The number of pyridine rings is 1. The van der Waals surface area contributed by atoms with Gasteiger partial charge in [0, 0.05) is 18.0 Å². The van der Waals surface area contributed by atoms with Crippen LogP contribution in [0.25, 0.3) is 11.4 Å². The highest BCUT2D eigenvalue weighted by atomic mass is 16.6. The molecule has 0 aliphatic carbocycles. The van der Waals surface area contributed by atoms with Gasteiger partial charge in [-0.05, 0) is 43.3 Å². The second-order valence-electron chi connectivity index (χ2n) is 4.79. The molecule has 0 fully saturated rings. The van der Waals surface area contributed by atoms with Crippen LogP contribution < -0.4 is 0 Å². The highest BCUT2D eigenvalue weighted by molar-refractivity contribution is 5.89. The van der Waals surface area contributed by atoms with Crippen LogP contribution in [0, 0.1) is 0 Å². The van der Waals surface area contributed by atoms with Crippen LogP contribution in [0.1, 0.15) is 29.3 Å². The molecule has 0 spiro atoms. The number of esters is 1. The number of aromatic hydroxyl groups is 1. The van der Waals surface area contributed by atoms with Gasteiger partial charge in [0.25, 0.3) is 5.89 Å². The van der Waals surface area contributed by atoms with E-state index in [1.54, 1.807) is 31.5 Å². The molecule has 7 heteroatoms. The fourth-order valence-corrected chi connectivity index (χ4v) is 1.89. The van der Waals surface area contributed by atoms with Gasteiger partial charge in [-0.2, -0.15) is 4.98 Å². The molecule has 0 radical (unpaired) electrons. The van der Waals surface area contributed by atoms with E-state index in [0.717, 1.165) is 0 Å². The van der Waals surface area contributed by atoms with E-state index in [1.807, 2.05) is 0 Å². The van der Waals surface area contributed by atoms with Gasteiger partial charge in [0.15, 0.2) is 6.10 Å². The lowest BCUT2D eigenvalue weighted by atomic mass is 10.2. The Morgan fingerprint density at radius 3 is 2.74 bits per heavy atom. The predicted molar refractivity (Wildman–Crippen MR) is 79.5 cm³/mol. The molecule has 3 aromatic rings. The number of carbonyl (C=O) groups is 1. The van der Waals surface area contributed by atoms with E-state index < -0.39 is 12.1 Å². The maximum atomic E-state index is 12.0. The van der Waals surface area contributed by atoms with E-state index in [9.17, 15) is 9.90 Å². The van der Waals surface area contributed by atoms with Gasteiger partial charge in [-0.25, -0.2) is 4.79 Å². The molecule has 116 valence electrons. The summed E-state index contributed by atoms with van der Waals surface area (Å²) in [5.74, 6) is 0.0999. The van der Waals surface area contributed by atoms with Crippen LogP contribution in [-0.4, -0.2) is 26.2 Å². The molecule has 0 saturated carbocycles. The topological polar surface area (TPSA) is 98.3 Å². The zero-order valence-corrected chi connectivity index (χ0v) is 12.2. The monoisotopic (exact) mass is 311 g/mol. The molecule has 2 heterocycles. The van der Waals surface area contributed by atoms with Crippen molar-refractivity contribution in [2.24, 2.45) is 0 Å². The van der Waals surface area contributed by atoms with Gasteiger partial charge in [-0.3, -0.25) is 4.98 Å². The summed E-state index contributed by atoms with van der Waals surface area (Å²) >= 11 is 0. The summed E-state index contributed by atoms with van der Waals surface area (Å²) in [6.45, 7) is 1.64. The quantitative estimate of drug-likeness (QED) is 0.740. The van der Waals surface area contributed by atoms with Crippen LogP contribution in [-0.2, 0) is 4.74 Å². The second kappa shape index (κ2) is 6.27. The Morgan fingerprint density at radius 2 is 2.04 bits per heavy atom. The molecular formula is C16H13N3O4. The number of aromatic nitrogens is 3. The first-order valence-electron chi connectivity index (χ1n) is 6.87. The zero-order chi connectivity index (χ0) is 16.2. The first-order chi connectivity index (χ1) is 11.1. The minimum Gasteiger partial charge on any atom is -0.508 e. The third-order valence-electron chi connectivity index (χ3n) is 3.10. The van der Waals surface area contributed by atoms with Gasteiger partial charge >= 0.3 is 5.97 Å². The van der Waals surface area contributed by atoms with Crippen LogP contribution in [0.5, 0.6) is 5.75 Å². The lowest BCUT2D eigenvalue weighted by molar-refractivity contribution is 0.0265. The summed E-state index contributed by atoms with van der Waals surface area (Å²) in [6, 6.07) is 9.33. The van der Waals surface area contributed by atoms with Crippen LogP contribution in [0.4, 0.5) is 0 Å². The molecule has 2 aromatic heterocycles. The summed E-state index contributed by atoms with van der Waals surface area (Å²) in [6.07, 6.45) is 2.56. The number of phenols is 1. The Bertz CT molecular complexity index is 800. The zero-order valence-electron chi connectivity index (χ0n) is 12.2. The van der Waals surface area contributed by atoms with E-state index in [2.05, 4.69) is 15.1 Å². The van der Waals surface area contributed by atoms with Crippen molar-refractivity contribution in [3.05, 3.63) is 60.2 Å². The molecule has 0 aliphatic rings.